The highest BCUT2D eigenvalue weighted by molar-refractivity contribution is 6.06. The van der Waals surface area contributed by atoms with E-state index in [2.05, 4.69) is 22.5 Å². The number of amides is 5. The third kappa shape index (κ3) is 5.21. The summed E-state index contributed by atoms with van der Waals surface area (Å²) in [6.07, 6.45) is 3.39. The van der Waals surface area contributed by atoms with Gasteiger partial charge < -0.3 is 20.4 Å². The Labute approximate surface area is 204 Å². The van der Waals surface area contributed by atoms with Crippen molar-refractivity contribution in [2.24, 2.45) is 5.92 Å². The number of likely N-dealkylation sites (tertiary alicyclic amines) is 1. The molecule has 0 radical (unpaired) electrons. The van der Waals surface area contributed by atoms with Gasteiger partial charge >= 0.3 is 0 Å². The highest BCUT2D eigenvalue weighted by Gasteiger charge is 2.40. The van der Waals surface area contributed by atoms with Crippen LogP contribution in [0, 0.1) is 5.92 Å². The van der Waals surface area contributed by atoms with Crippen LogP contribution in [0.3, 0.4) is 0 Å². The van der Waals surface area contributed by atoms with E-state index in [0.29, 0.717) is 43.6 Å². The van der Waals surface area contributed by atoms with Crippen molar-refractivity contribution >= 4 is 35.2 Å². The molecule has 10 nitrogen and oxygen atoms in total. The number of anilines is 1. The smallest absolute Gasteiger partial charge is 0.255 e. The zero-order valence-electron chi connectivity index (χ0n) is 19.8. The SMILES string of the molecule is C=CC(C)NC(=O)C1CCN(C(=O)CNc2cccc3c2CN(C2CCC(=O)NC2=O)C3=O)CC1. The Hall–Kier alpha value is -3.69. The van der Waals surface area contributed by atoms with Crippen LogP contribution < -0.4 is 16.0 Å². The number of rotatable bonds is 7. The summed E-state index contributed by atoms with van der Waals surface area (Å²) in [5.74, 6) is -1.23. The van der Waals surface area contributed by atoms with Crippen LogP contribution in [0.2, 0.25) is 0 Å². The monoisotopic (exact) mass is 481 g/mol. The number of nitrogens with zero attached hydrogens (tertiary/aromatic N) is 2. The summed E-state index contributed by atoms with van der Waals surface area (Å²) in [7, 11) is 0. The second-order valence-corrected chi connectivity index (χ2v) is 9.27. The molecule has 4 rings (SSSR count). The van der Waals surface area contributed by atoms with Crippen LogP contribution in [0.4, 0.5) is 5.69 Å². The number of benzene rings is 1. The Morgan fingerprint density at radius 1 is 1.20 bits per heavy atom. The first-order valence-corrected chi connectivity index (χ1v) is 12.0. The molecule has 0 aliphatic carbocycles. The molecule has 3 heterocycles. The quantitative estimate of drug-likeness (QED) is 0.390. The van der Waals surface area contributed by atoms with Crippen molar-refractivity contribution < 1.29 is 24.0 Å². The zero-order valence-corrected chi connectivity index (χ0v) is 19.8. The largest absolute Gasteiger partial charge is 0.376 e. The summed E-state index contributed by atoms with van der Waals surface area (Å²) in [5.41, 5.74) is 1.90. The van der Waals surface area contributed by atoms with Gasteiger partial charge in [0.2, 0.25) is 23.6 Å². The van der Waals surface area contributed by atoms with Crippen LogP contribution in [-0.2, 0) is 25.7 Å². The summed E-state index contributed by atoms with van der Waals surface area (Å²) in [6.45, 7) is 6.86. The predicted octanol–water partition coefficient (Wildman–Crippen LogP) is 0.789. The third-order valence-electron chi connectivity index (χ3n) is 6.95. The number of fused-ring (bicyclic) bond motifs is 1. The van der Waals surface area contributed by atoms with E-state index in [9.17, 15) is 24.0 Å². The first-order chi connectivity index (χ1) is 16.8. The predicted molar refractivity (Wildman–Crippen MR) is 128 cm³/mol. The lowest BCUT2D eigenvalue weighted by molar-refractivity contribution is -0.137. The first-order valence-electron chi connectivity index (χ1n) is 12.0. The topological polar surface area (TPSA) is 128 Å². The van der Waals surface area contributed by atoms with E-state index in [-0.39, 0.29) is 55.1 Å². The van der Waals surface area contributed by atoms with Crippen molar-refractivity contribution in [3.05, 3.63) is 42.0 Å². The molecule has 3 aliphatic heterocycles. The summed E-state index contributed by atoms with van der Waals surface area (Å²) in [4.78, 5) is 65.1. The molecule has 35 heavy (non-hydrogen) atoms. The van der Waals surface area contributed by atoms with Crippen molar-refractivity contribution in [3.63, 3.8) is 0 Å². The standard InChI is InChI=1S/C25H31N5O5/c1-3-15(2)27-23(33)16-9-11-29(12-10-16)22(32)13-26-19-6-4-5-17-18(19)14-30(25(17)35)20-7-8-21(31)28-24(20)34/h3-6,15-16,20,26H,1,7-14H2,2H3,(H,27,33)(H,28,31,34). The number of carbonyl (C=O) groups excluding carboxylic acids is 5. The number of hydrogen-bond acceptors (Lipinski definition) is 6. The molecule has 1 aromatic carbocycles. The molecule has 3 aliphatic rings. The number of hydrogen-bond donors (Lipinski definition) is 3. The summed E-state index contributed by atoms with van der Waals surface area (Å²) in [5, 5.41) is 8.36. The normalized spacial score (nSPS) is 21.3. The zero-order chi connectivity index (χ0) is 25.1. The maximum atomic E-state index is 13.0. The Kier molecular flexibility index (Phi) is 7.18. The fourth-order valence-corrected chi connectivity index (χ4v) is 4.83. The number of imide groups is 1. The average molecular weight is 482 g/mol. The van der Waals surface area contributed by atoms with Gasteiger partial charge in [-0.05, 0) is 38.3 Å². The molecular formula is C25H31N5O5. The Morgan fingerprint density at radius 2 is 1.94 bits per heavy atom. The first kappa shape index (κ1) is 24.4. The van der Waals surface area contributed by atoms with E-state index < -0.39 is 11.9 Å². The fraction of sp³-hybridized carbons (Fsp3) is 0.480. The minimum absolute atomic E-state index is 0.00675. The highest BCUT2D eigenvalue weighted by Crippen LogP contribution is 2.32. The molecular weight excluding hydrogens is 450 g/mol. The summed E-state index contributed by atoms with van der Waals surface area (Å²) >= 11 is 0. The van der Waals surface area contributed by atoms with Gasteiger partial charge in [-0.1, -0.05) is 12.1 Å². The minimum Gasteiger partial charge on any atom is -0.376 e. The fourth-order valence-electron chi connectivity index (χ4n) is 4.83. The molecule has 5 amide bonds. The van der Waals surface area contributed by atoms with Gasteiger partial charge in [-0.25, -0.2) is 0 Å². The molecule has 2 fully saturated rings. The van der Waals surface area contributed by atoms with E-state index in [1.165, 1.54) is 4.90 Å². The Bertz CT molecular complexity index is 1060. The Morgan fingerprint density at radius 3 is 2.63 bits per heavy atom. The van der Waals surface area contributed by atoms with E-state index >= 15 is 0 Å². The van der Waals surface area contributed by atoms with E-state index in [1.807, 2.05) is 13.0 Å². The molecule has 186 valence electrons. The van der Waals surface area contributed by atoms with Crippen molar-refractivity contribution in [3.8, 4) is 0 Å². The molecule has 2 atom stereocenters. The van der Waals surface area contributed by atoms with Crippen LogP contribution in [0.5, 0.6) is 0 Å². The van der Waals surface area contributed by atoms with Crippen molar-refractivity contribution in [1.82, 2.24) is 20.4 Å². The summed E-state index contributed by atoms with van der Waals surface area (Å²) in [6, 6.07) is 4.49. The number of piperidine rings is 2. The molecule has 0 spiro atoms. The number of nitrogens with one attached hydrogen (secondary N) is 3. The molecule has 0 bridgehead atoms. The molecule has 2 saturated heterocycles. The lowest BCUT2D eigenvalue weighted by Gasteiger charge is -2.32. The van der Waals surface area contributed by atoms with Gasteiger partial charge in [-0.3, -0.25) is 29.3 Å². The lowest BCUT2D eigenvalue weighted by atomic mass is 9.95. The molecule has 3 N–H and O–H groups in total. The lowest BCUT2D eigenvalue weighted by Crippen LogP contribution is -2.52. The second-order valence-electron chi connectivity index (χ2n) is 9.27. The highest BCUT2D eigenvalue weighted by atomic mass is 16.2. The van der Waals surface area contributed by atoms with Crippen molar-refractivity contribution in [1.29, 1.82) is 0 Å². The minimum atomic E-state index is -0.685. The second kappa shape index (κ2) is 10.3. The van der Waals surface area contributed by atoms with Gasteiger partial charge in [0, 0.05) is 54.8 Å². The van der Waals surface area contributed by atoms with E-state index in [1.54, 1.807) is 23.1 Å². The van der Waals surface area contributed by atoms with Gasteiger partial charge in [0.1, 0.15) is 6.04 Å². The molecule has 0 saturated carbocycles. The molecule has 2 unspecified atom stereocenters. The maximum absolute atomic E-state index is 13.0. The van der Waals surface area contributed by atoms with Crippen LogP contribution >= 0.6 is 0 Å². The third-order valence-corrected chi connectivity index (χ3v) is 6.95. The van der Waals surface area contributed by atoms with Gasteiger partial charge in [-0.2, -0.15) is 0 Å². The number of carbonyl (C=O) groups is 5. The van der Waals surface area contributed by atoms with Crippen LogP contribution in [0.1, 0.15) is 48.5 Å². The van der Waals surface area contributed by atoms with Gasteiger partial charge in [0.25, 0.3) is 5.91 Å². The maximum Gasteiger partial charge on any atom is 0.255 e. The van der Waals surface area contributed by atoms with Gasteiger partial charge in [0.15, 0.2) is 0 Å². The van der Waals surface area contributed by atoms with Crippen LogP contribution in [0.25, 0.3) is 0 Å². The van der Waals surface area contributed by atoms with Crippen molar-refractivity contribution in [2.45, 2.75) is 51.2 Å². The molecule has 10 heteroatoms. The Balaban J connectivity index is 1.33. The van der Waals surface area contributed by atoms with Gasteiger partial charge in [0.05, 0.1) is 6.54 Å². The summed E-state index contributed by atoms with van der Waals surface area (Å²) < 4.78 is 0. The van der Waals surface area contributed by atoms with Gasteiger partial charge in [-0.15, -0.1) is 6.58 Å². The van der Waals surface area contributed by atoms with Crippen molar-refractivity contribution in [2.75, 3.05) is 25.0 Å². The average Bonchev–Trinajstić information content (AvgIpc) is 3.19. The van der Waals surface area contributed by atoms with E-state index in [4.69, 9.17) is 0 Å². The molecule has 1 aromatic rings. The van der Waals surface area contributed by atoms with Crippen LogP contribution in [0.15, 0.2) is 30.9 Å². The van der Waals surface area contributed by atoms with E-state index in [0.717, 1.165) is 5.56 Å². The van der Waals surface area contributed by atoms with Crippen LogP contribution in [-0.4, -0.2) is 71.1 Å². The molecule has 0 aromatic heterocycles.